The summed E-state index contributed by atoms with van der Waals surface area (Å²) >= 11 is 5.67. The topological polar surface area (TPSA) is 28.7 Å². The molecule has 0 aromatic carbocycles. The minimum atomic E-state index is 0.527. The molecule has 2 nitrogen and oxygen atoms in total. The zero-order valence-electron chi connectivity index (χ0n) is 5.82. The molecule has 0 amide bonds. The summed E-state index contributed by atoms with van der Waals surface area (Å²) in [4.78, 5) is 7.14. The van der Waals surface area contributed by atoms with Crippen molar-refractivity contribution < 1.29 is 0 Å². The Morgan fingerprint density at radius 3 is 2.70 bits per heavy atom. The largest absolute Gasteiger partial charge is 0.332 e. The van der Waals surface area contributed by atoms with E-state index in [1.807, 2.05) is 6.92 Å². The van der Waals surface area contributed by atoms with Crippen LogP contribution in [0.25, 0.3) is 0 Å². The molecule has 1 aromatic heterocycles. The second-order valence-corrected chi connectivity index (χ2v) is 3.16. The molecule has 2 rings (SSSR count). The average Bonchev–Trinajstić information content (AvgIpc) is 2.61. The SMILES string of the molecule is Cc1nc(Cl)[nH]c1C1CC1. The van der Waals surface area contributed by atoms with Crippen molar-refractivity contribution in [3.05, 3.63) is 16.7 Å². The van der Waals surface area contributed by atoms with Gasteiger partial charge in [-0.15, -0.1) is 0 Å². The molecule has 1 fully saturated rings. The Morgan fingerprint density at radius 1 is 1.60 bits per heavy atom. The Labute approximate surface area is 64.6 Å². The maximum Gasteiger partial charge on any atom is 0.200 e. The van der Waals surface area contributed by atoms with Crippen molar-refractivity contribution in [1.29, 1.82) is 0 Å². The fraction of sp³-hybridized carbons (Fsp3) is 0.571. The van der Waals surface area contributed by atoms with E-state index in [2.05, 4.69) is 9.97 Å². The highest BCUT2D eigenvalue weighted by Gasteiger charge is 2.27. The second-order valence-electron chi connectivity index (χ2n) is 2.80. The smallest absolute Gasteiger partial charge is 0.200 e. The van der Waals surface area contributed by atoms with Gasteiger partial charge in [0, 0.05) is 11.6 Å². The Kier molecular flexibility index (Phi) is 1.24. The van der Waals surface area contributed by atoms with E-state index in [1.165, 1.54) is 18.5 Å². The summed E-state index contributed by atoms with van der Waals surface area (Å²) in [6.45, 7) is 2.00. The lowest BCUT2D eigenvalue weighted by atomic mass is 10.2. The first-order valence-corrected chi connectivity index (χ1v) is 3.87. The molecular weight excluding hydrogens is 148 g/mol. The summed E-state index contributed by atoms with van der Waals surface area (Å²) in [5.41, 5.74) is 2.30. The van der Waals surface area contributed by atoms with Crippen LogP contribution in [0.4, 0.5) is 0 Å². The molecule has 1 aliphatic carbocycles. The van der Waals surface area contributed by atoms with Crippen molar-refractivity contribution in [2.24, 2.45) is 0 Å². The Balaban J connectivity index is 2.38. The van der Waals surface area contributed by atoms with Gasteiger partial charge in [0.25, 0.3) is 0 Å². The number of halogens is 1. The molecule has 1 aromatic rings. The maximum atomic E-state index is 5.67. The monoisotopic (exact) mass is 156 g/mol. The normalized spacial score (nSPS) is 17.8. The minimum absolute atomic E-state index is 0.527. The molecule has 3 heteroatoms. The highest BCUT2D eigenvalue weighted by atomic mass is 35.5. The number of aromatic nitrogens is 2. The molecule has 0 unspecified atom stereocenters. The number of H-pyrrole nitrogens is 1. The van der Waals surface area contributed by atoms with Gasteiger partial charge in [-0.25, -0.2) is 4.98 Å². The quantitative estimate of drug-likeness (QED) is 0.664. The fourth-order valence-electron chi connectivity index (χ4n) is 1.21. The zero-order chi connectivity index (χ0) is 7.14. The molecule has 1 aliphatic rings. The van der Waals surface area contributed by atoms with Gasteiger partial charge in [0.15, 0.2) is 5.28 Å². The molecule has 0 saturated heterocycles. The van der Waals surface area contributed by atoms with Crippen LogP contribution in [-0.2, 0) is 0 Å². The van der Waals surface area contributed by atoms with E-state index in [1.54, 1.807) is 0 Å². The van der Waals surface area contributed by atoms with Crippen LogP contribution in [0.1, 0.15) is 30.1 Å². The number of hydrogen-bond donors (Lipinski definition) is 1. The molecule has 0 bridgehead atoms. The average molecular weight is 157 g/mol. The molecule has 54 valence electrons. The first-order chi connectivity index (χ1) is 4.77. The molecule has 10 heavy (non-hydrogen) atoms. The molecule has 0 spiro atoms. The Morgan fingerprint density at radius 2 is 2.30 bits per heavy atom. The van der Waals surface area contributed by atoms with E-state index < -0.39 is 0 Å². The predicted octanol–water partition coefficient (Wildman–Crippen LogP) is 2.25. The number of imidazole rings is 1. The van der Waals surface area contributed by atoms with Crippen molar-refractivity contribution in [1.82, 2.24) is 9.97 Å². The van der Waals surface area contributed by atoms with Crippen molar-refractivity contribution in [3.8, 4) is 0 Å². The number of hydrogen-bond acceptors (Lipinski definition) is 1. The van der Waals surface area contributed by atoms with E-state index in [9.17, 15) is 0 Å². The second kappa shape index (κ2) is 1.99. The fourth-order valence-corrected chi connectivity index (χ4v) is 1.44. The van der Waals surface area contributed by atoms with Gasteiger partial charge < -0.3 is 4.98 Å². The van der Waals surface area contributed by atoms with Crippen molar-refractivity contribution >= 4 is 11.6 Å². The maximum absolute atomic E-state index is 5.67. The summed E-state index contributed by atoms with van der Waals surface area (Å²) in [5, 5.41) is 0.527. The third-order valence-electron chi connectivity index (χ3n) is 1.88. The van der Waals surface area contributed by atoms with Crippen molar-refractivity contribution in [2.75, 3.05) is 0 Å². The molecule has 0 radical (unpaired) electrons. The number of rotatable bonds is 1. The molecule has 1 heterocycles. The summed E-state index contributed by atoms with van der Waals surface area (Å²) in [6, 6.07) is 0. The molecule has 1 N–H and O–H groups in total. The van der Waals surface area contributed by atoms with Gasteiger partial charge in [0.1, 0.15) is 0 Å². The molecule has 0 atom stereocenters. The summed E-state index contributed by atoms with van der Waals surface area (Å²) in [7, 11) is 0. The molecule has 1 saturated carbocycles. The van der Waals surface area contributed by atoms with Crippen molar-refractivity contribution in [3.63, 3.8) is 0 Å². The van der Waals surface area contributed by atoms with Crippen LogP contribution >= 0.6 is 11.6 Å². The Hall–Kier alpha value is -0.500. The van der Waals surface area contributed by atoms with Crippen LogP contribution in [0, 0.1) is 6.92 Å². The summed E-state index contributed by atoms with van der Waals surface area (Å²) in [6.07, 6.45) is 2.58. The van der Waals surface area contributed by atoms with Gasteiger partial charge in [-0.2, -0.15) is 0 Å². The van der Waals surface area contributed by atoms with Crippen molar-refractivity contribution in [2.45, 2.75) is 25.7 Å². The van der Waals surface area contributed by atoms with Gasteiger partial charge in [0.2, 0.25) is 0 Å². The van der Waals surface area contributed by atoms with E-state index in [-0.39, 0.29) is 0 Å². The minimum Gasteiger partial charge on any atom is -0.332 e. The first kappa shape index (κ1) is 6.23. The van der Waals surface area contributed by atoms with E-state index in [0.29, 0.717) is 5.28 Å². The van der Waals surface area contributed by atoms with Gasteiger partial charge in [-0.3, -0.25) is 0 Å². The number of nitrogens with zero attached hydrogens (tertiary/aromatic N) is 1. The highest BCUT2D eigenvalue weighted by Crippen LogP contribution is 2.40. The third kappa shape index (κ3) is 0.926. The lowest BCUT2D eigenvalue weighted by molar-refractivity contribution is 1.03. The summed E-state index contributed by atoms with van der Waals surface area (Å²) in [5.74, 6) is 0.722. The zero-order valence-corrected chi connectivity index (χ0v) is 6.57. The van der Waals surface area contributed by atoms with E-state index >= 15 is 0 Å². The summed E-state index contributed by atoms with van der Waals surface area (Å²) < 4.78 is 0. The number of aryl methyl sites for hydroxylation is 1. The predicted molar refractivity (Wildman–Crippen MR) is 40.3 cm³/mol. The lowest BCUT2D eigenvalue weighted by Crippen LogP contribution is -1.81. The van der Waals surface area contributed by atoms with E-state index in [0.717, 1.165) is 11.6 Å². The van der Waals surface area contributed by atoms with Gasteiger partial charge in [-0.1, -0.05) is 0 Å². The lowest BCUT2D eigenvalue weighted by Gasteiger charge is -1.89. The van der Waals surface area contributed by atoms with Crippen LogP contribution in [0.2, 0.25) is 5.28 Å². The number of nitrogens with one attached hydrogen (secondary N) is 1. The van der Waals surface area contributed by atoms with E-state index in [4.69, 9.17) is 11.6 Å². The van der Waals surface area contributed by atoms with Crippen LogP contribution in [0.15, 0.2) is 0 Å². The van der Waals surface area contributed by atoms with Crippen LogP contribution in [0.3, 0.4) is 0 Å². The molecule has 0 aliphatic heterocycles. The first-order valence-electron chi connectivity index (χ1n) is 3.49. The van der Waals surface area contributed by atoms with Crippen LogP contribution in [-0.4, -0.2) is 9.97 Å². The van der Waals surface area contributed by atoms with Gasteiger partial charge in [0.05, 0.1) is 5.69 Å². The Bertz CT molecular complexity index is 250. The standard InChI is InChI=1S/C7H9ClN2/c1-4-6(5-2-3-5)10-7(8)9-4/h5H,2-3H2,1H3,(H,9,10). The van der Waals surface area contributed by atoms with Crippen LogP contribution < -0.4 is 0 Å². The number of aromatic amines is 1. The van der Waals surface area contributed by atoms with Gasteiger partial charge >= 0.3 is 0 Å². The third-order valence-corrected chi connectivity index (χ3v) is 2.06. The van der Waals surface area contributed by atoms with Crippen LogP contribution in [0.5, 0.6) is 0 Å². The van der Waals surface area contributed by atoms with Gasteiger partial charge in [-0.05, 0) is 31.4 Å². The molecular formula is C7H9ClN2. The highest BCUT2D eigenvalue weighted by molar-refractivity contribution is 6.28.